The summed E-state index contributed by atoms with van der Waals surface area (Å²) in [5.41, 5.74) is 4.79. The molecule has 18 heavy (non-hydrogen) atoms. The molecule has 2 N–H and O–H groups in total. The summed E-state index contributed by atoms with van der Waals surface area (Å²) in [5, 5.41) is 0. The molecular formula is C11H15F3N2OS. The number of halogens is 3. The summed E-state index contributed by atoms with van der Waals surface area (Å²) in [7, 11) is 0. The molecule has 0 unspecified atom stereocenters. The van der Waals surface area contributed by atoms with Gasteiger partial charge in [-0.3, -0.25) is 4.79 Å². The topological polar surface area (TPSA) is 46.3 Å². The third kappa shape index (κ3) is 2.32. The number of nitrogens with two attached hydrogens (primary N) is 1. The zero-order valence-electron chi connectivity index (χ0n) is 9.79. The lowest BCUT2D eigenvalue weighted by molar-refractivity contribution is -0.186. The maximum Gasteiger partial charge on any atom is 0.391 e. The van der Waals surface area contributed by atoms with Crippen molar-refractivity contribution in [2.45, 2.75) is 31.9 Å². The molecule has 1 saturated carbocycles. The summed E-state index contributed by atoms with van der Waals surface area (Å²) in [6.07, 6.45) is -2.96. The van der Waals surface area contributed by atoms with Crippen LogP contribution in [0.4, 0.5) is 13.2 Å². The Bertz CT molecular complexity index is 371. The standard InChI is InChI=1S/C11H15F3N2OS/c12-11(13,14)7-1-5-16(6-2-7)9(17)10(3-4-10)8(15)18/h7H,1-6H2,(H2,15,18). The number of hydrogen-bond acceptors (Lipinski definition) is 2. The predicted molar refractivity (Wildman–Crippen MR) is 63.8 cm³/mol. The molecule has 2 aliphatic rings. The first-order valence-electron chi connectivity index (χ1n) is 5.93. The van der Waals surface area contributed by atoms with Gasteiger partial charge < -0.3 is 10.6 Å². The van der Waals surface area contributed by atoms with Gasteiger partial charge >= 0.3 is 6.18 Å². The molecule has 0 aromatic rings. The Hall–Kier alpha value is -0.850. The van der Waals surface area contributed by atoms with Crippen LogP contribution in [0.1, 0.15) is 25.7 Å². The van der Waals surface area contributed by atoms with Gasteiger partial charge in [-0.1, -0.05) is 12.2 Å². The van der Waals surface area contributed by atoms with E-state index in [1.54, 1.807) is 0 Å². The van der Waals surface area contributed by atoms with Crippen LogP contribution < -0.4 is 5.73 Å². The van der Waals surface area contributed by atoms with E-state index in [4.69, 9.17) is 18.0 Å². The number of amides is 1. The molecule has 0 spiro atoms. The average molecular weight is 280 g/mol. The second kappa shape index (κ2) is 4.36. The Kier molecular flexibility index (Phi) is 3.29. The van der Waals surface area contributed by atoms with Gasteiger partial charge in [0.25, 0.3) is 0 Å². The van der Waals surface area contributed by atoms with Gasteiger partial charge in [0, 0.05) is 13.1 Å². The summed E-state index contributed by atoms with van der Waals surface area (Å²) in [6, 6.07) is 0. The molecule has 1 amide bonds. The van der Waals surface area contributed by atoms with Gasteiger partial charge in [-0.2, -0.15) is 13.2 Å². The Balaban J connectivity index is 1.95. The van der Waals surface area contributed by atoms with Crippen molar-refractivity contribution in [1.29, 1.82) is 0 Å². The normalized spacial score (nSPS) is 23.8. The molecule has 2 fully saturated rings. The smallest absolute Gasteiger partial charge is 0.391 e. The van der Waals surface area contributed by atoms with Crippen molar-refractivity contribution in [3.05, 3.63) is 0 Å². The number of thiocarbonyl (C=S) groups is 1. The van der Waals surface area contributed by atoms with Crippen LogP contribution in [-0.4, -0.2) is 35.1 Å². The van der Waals surface area contributed by atoms with E-state index in [0.29, 0.717) is 12.8 Å². The Morgan fingerprint density at radius 3 is 2.11 bits per heavy atom. The highest BCUT2D eigenvalue weighted by molar-refractivity contribution is 7.80. The average Bonchev–Trinajstić information content (AvgIpc) is 3.08. The van der Waals surface area contributed by atoms with E-state index in [-0.39, 0.29) is 36.8 Å². The number of carbonyl (C=O) groups excluding carboxylic acids is 1. The molecule has 7 heteroatoms. The number of hydrogen-bond donors (Lipinski definition) is 1. The minimum atomic E-state index is -4.16. The van der Waals surface area contributed by atoms with Gasteiger partial charge in [-0.25, -0.2) is 0 Å². The summed E-state index contributed by atoms with van der Waals surface area (Å²) in [4.78, 5) is 13.8. The monoisotopic (exact) mass is 280 g/mol. The van der Waals surface area contributed by atoms with Crippen LogP contribution in [-0.2, 0) is 4.79 Å². The summed E-state index contributed by atoms with van der Waals surface area (Å²) < 4.78 is 37.5. The zero-order valence-corrected chi connectivity index (χ0v) is 10.6. The fourth-order valence-corrected chi connectivity index (χ4v) is 2.69. The molecular weight excluding hydrogens is 265 g/mol. The fraction of sp³-hybridized carbons (Fsp3) is 0.818. The summed E-state index contributed by atoms with van der Waals surface area (Å²) in [6.45, 7) is 0.292. The SMILES string of the molecule is NC(=S)C1(C(=O)N2CCC(C(F)(F)F)CC2)CC1. The van der Waals surface area contributed by atoms with E-state index in [1.807, 2.05) is 0 Å². The summed E-state index contributed by atoms with van der Waals surface area (Å²) >= 11 is 4.87. The first kappa shape index (κ1) is 13.6. The first-order valence-corrected chi connectivity index (χ1v) is 6.34. The van der Waals surface area contributed by atoms with E-state index < -0.39 is 17.5 Å². The van der Waals surface area contributed by atoms with Gasteiger partial charge in [0.2, 0.25) is 5.91 Å². The van der Waals surface area contributed by atoms with E-state index in [1.165, 1.54) is 4.90 Å². The molecule has 3 nitrogen and oxygen atoms in total. The molecule has 1 aliphatic carbocycles. The number of alkyl halides is 3. The number of carbonyl (C=O) groups is 1. The van der Waals surface area contributed by atoms with Crippen molar-refractivity contribution >= 4 is 23.1 Å². The highest BCUT2D eigenvalue weighted by Crippen LogP contribution is 2.48. The molecule has 1 heterocycles. The second-order valence-corrected chi connectivity index (χ2v) is 5.49. The Morgan fingerprint density at radius 1 is 1.28 bits per heavy atom. The van der Waals surface area contributed by atoms with Crippen molar-refractivity contribution in [3.8, 4) is 0 Å². The van der Waals surface area contributed by atoms with Gasteiger partial charge in [0.05, 0.1) is 16.3 Å². The van der Waals surface area contributed by atoms with Crippen LogP contribution in [0.15, 0.2) is 0 Å². The van der Waals surface area contributed by atoms with Crippen LogP contribution in [0.25, 0.3) is 0 Å². The Morgan fingerprint density at radius 2 is 1.78 bits per heavy atom. The molecule has 1 saturated heterocycles. The van der Waals surface area contributed by atoms with Crippen molar-refractivity contribution < 1.29 is 18.0 Å². The predicted octanol–water partition coefficient (Wildman–Crippen LogP) is 1.85. The van der Waals surface area contributed by atoms with E-state index >= 15 is 0 Å². The van der Waals surface area contributed by atoms with E-state index in [0.717, 1.165) is 0 Å². The highest BCUT2D eigenvalue weighted by Gasteiger charge is 2.55. The minimum Gasteiger partial charge on any atom is -0.392 e. The van der Waals surface area contributed by atoms with E-state index in [2.05, 4.69) is 0 Å². The Labute approximate surface area is 108 Å². The lowest BCUT2D eigenvalue weighted by atomic mass is 9.94. The van der Waals surface area contributed by atoms with Crippen LogP contribution in [0.5, 0.6) is 0 Å². The molecule has 0 radical (unpaired) electrons. The molecule has 0 aromatic heterocycles. The lowest BCUT2D eigenvalue weighted by Crippen LogP contribution is -2.47. The number of nitrogens with zero attached hydrogens (tertiary/aromatic N) is 1. The first-order chi connectivity index (χ1) is 8.27. The third-order valence-corrected chi connectivity index (χ3v) is 4.27. The van der Waals surface area contributed by atoms with Crippen LogP contribution in [0.3, 0.4) is 0 Å². The maximum atomic E-state index is 12.5. The van der Waals surface area contributed by atoms with Gasteiger partial charge in [0.15, 0.2) is 0 Å². The summed E-state index contributed by atoms with van der Waals surface area (Å²) in [5.74, 6) is -1.47. The second-order valence-electron chi connectivity index (χ2n) is 5.05. The zero-order chi connectivity index (χ0) is 13.6. The van der Waals surface area contributed by atoms with Gasteiger partial charge in [-0.15, -0.1) is 0 Å². The number of rotatable bonds is 2. The fourth-order valence-electron chi connectivity index (χ4n) is 2.40. The van der Waals surface area contributed by atoms with Crippen LogP contribution >= 0.6 is 12.2 Å². The quantitative estimate of drug-likeness (QED) is 0.785. The largest absolute Gasteiger partial charge is 0.392 e. The minimum absolute atomic E-state index is 0.0251. The number of piperidine rings is 1. The van der Waals surface area contributed by atoms with E-state index in [9.17, 15) is 18.0 Å². The van der Waals surface area contributed by atoms with Crippen molar-refractivity contribution in [2.24, 2.45) is 17.1 Å². The van der Waals surface area contributed by atoms with Crippen molar-refractivity contribution in [2.75, 3.05) is 13.1 Å². The van der Waals surface area contributed by atoms with Crippen LogP contribution in [0, 0.1) is 11.3 Å². The van der Waals surface area contributed by atoms with Gasteiger partial charge in [-0.05, 0) is 25.7 Å². The molecule has 0 atom stereocenters. The number of likely N-dealkylation sites (tertiary alicyclic amines) is 1. The third-order valence-electron chi connectivity index (χ3n) is 3.88. The molecule has 102 valence electrons. The molecule has 1 aliphatic heterocycles. The lowest BCUT2D eigenvalue weighted by Gasteiger charge is -2.34. The van der Waals surface area contributed by atoms with Crippen molar-refractivity contribution in [1.82, 2.24) is 4.90 Å². The highest BCUT2D eigenvalue weighted by atomic mass is 32.1. The molecule has 0 bridgehead atoms. The maximum absolute atomic E-state index is 12.5. The van der Waals surface area contributed by atoms with Crippen molar-refractivity contribution in [3.63, 3.8) is 0 Å². The molecule has 2 rings (SSSR count). The van der Waals surface area contributed by atoms with Crippen LogP contribution in [0.2, 0.25) is 0 Å². The molecule has 0 aromatic carbocycles. The van der Waals surface area contributed by atoms with Gasteiger partial charge in [0.1, 0.15) is 0 Å².